The van der Waals surface area contributed by atoms with Crippen LogP contribution in [0.5, 0.6) is 17.2 Å². The maximum Gasteiger partial charge on any atom is 0.200 e. The van der Waals surface area contributed by atoms with E-state index in [0.717, 1.165) is 22.4 Å². The van der Waals surface area contributed by atoms with E-state index < -0.39 is 0 Å². The van der Waals surface area contributed by atoms with Crippen LogP contribution in [0.15, 0.2) is 97.1 Å². The molecule has 6 nitrogen and oxygen atoms in total. The summed E-state index contributed by atoms with van der Waals surface area (Å²) in [6.45, 7) is 0.180. The Hall–Kier alpha value is -4.42. The Balaban J connectivity index is 1.23. The van der Waals surface area contributed by atoms with E-state index in [1.54, 1.807) is 50.6 Å². The molecule has 0 saturated heterocycles. The molecule has 37 heavy (non-hydrogen) atoms. The summed E-state index contributed by atoms with van der Waals surface area (Å²) in [7, 11) is 3.22. The Morgan fingerprint density at radius 2 is 0.973 bits per heavy atom. The molecule has 0 unspecified atom stereocenters. The zero-order valence-corrected chi connectivity index (χ0v) is 20.8. The minimum absolute atomic E-state index is 0.0297. The van der Waals surface area contributed by atoms with Crippen LogP contribution in [0.4, 0.5) is 0 Å². The molecule has 0 atom stereocenters. The highest BCUT2D eigenvalue weighted by Crippen LogP contribution is 2.24. The smallest absolute Gasteiger partial charge is 0.200 e. The van der Waals surface area contributed by atoms with Crippen LogP contribution >= 0.6 is 0 Å². The van der Waals surface area contributed by atoms with Gasteiger partial charge in [-0.2, -0.15) is 0 Å². The summed E-state index contributed by atoms with van der Waals surface area (Å²) in [5.41, 5.74) is 4.10. The summed E-state index contributed by atoms with van der Waals surface area (Å²) < 4.78 is 21.5. The third-order valence-corrected chi connectivity index (χ3v) is 5.84. The predicted octanol–water partition coefficient (Wildman–Crippen LogP) is 6.03. The van der Waals surface area contributed by atoms with E-state index in [1.807, 2.05) is 60.7 Å². The zero-order valence-electron chi connectivity index (χ0n) is 20.8. The number of ether oxygens (including phenoxy) is 4. The molecule has 188 valence electrons. The van der Waals surface area contributed by atoms with Gasteiger partial charge in [0.25, 0.3) is 0 Å². The molecule has 0 amide bonds. The first-order valence-electron chi connectivity index (χ1n) is 11.8. The van der Waals surface area contributed by atoms with Gasteiger partial charge in [0.05, 0.1) is 20.8 Å². The summed E-state index contributed by atoms with van der Waals surface area (Å²) in [6, 6.07) is 29.4. The summed E-state index contributed by atoms with van der Waals surface area (Å²) in [4.78, 5) is 24.8. The van der Waals surface area contributed by atoms with Crippen LogP contribution in [0.3, 0.4) is 0 Å². The van der Waals surface area contributed by atoms with Crippen LogP contribution in [0, 0.1) is 0 Å². The Morgan fingerprint density at radius 3 is 1.49 bits per heavy atom. The van der Waals surface area contributed by atoms with E-state index in [2.05, 4.69) is 0 Å². The van der Waals surface area contributed by atoms with E-state index in [-0.39, 0.29) is 31.4 Å². The van der Waals surface area contributed by atoms with Crippen molar-refractivity contribution in [3.05, 3.63) is 114 Å². The second-order valence-corrected chi connectivity index (χ2v) is 8.31. The summed E-state index contributed by atoms with van der Waals surface area (Å²) in [6.07, 6.45) is 0. The molecule has 0 saturated carbocycles. The van der Waals surface area contributed by atoms with Crippen molar-refractivity contribution in [2.75, 3.05) is 27.4 Å². The van der Waals surface area contributed by atoms with Crippen molar-refractivity contribution >= 4 is 11.6 Å². The Labute approximate surface area is 216 Å². The van der Waals surface area contributed by atoms with Gasteiger partial charge in [-0.25, -0.2) is 0 Å². The second-order valence-electron chi connectivity index (χ2n) is 8.31. The first-order valence-corrected chi connectivity index (χ1v) is 11.8. The molecule has 0 fully saturated rings. The number of hydrogen-bond acceptors (Lipinski definition) is 6. The van der Waals surface area contributed by atoms with E-state index in [0.29, 0.717) is 22.6 Å². The first kappa shape index (κ1) is 25.7. The molecular weight excluding hydrogens is 468 g/mol. The number of benzene rings is 4. The molecule has 0 aliphatic heterocycles. The van der Waals surface area contributed by atoms with Crippen LogP contribution in [-0.4, -0.2) is 39.0 Å². The number of carbonyl (C=O) groups is 2. The SMILES string of the molecule is COc1ccc(C(=O)COCc2ccc(C(=O)COc3ccc(-c4ccc(OC)cc4)cc3)cc2)cc1. The minimum atomic E-state index is -0.124. The molecule has 0 N–H and O–H groups in total. The Morgan fingerprint density at radius 1 is 0.541 bits per heavy atom. The lowest BCUT2D eigenvalue weighted by Crippen LogP contribution is -2.12. The lowest BCUT2D eigenvalue weighted by atomic mass is 10.1. The van der Waals surface area contributed by atoms with Crippen LogP contribution in [-0.2, 0) is 11.3 Å². The molecule has 0 bridgehead atoms. The van der Waals surface area contributed by atoms with Crippen molar-refractivity contribution in [2.24, 2.45) is 0 Å². The van der Waals surface area contributed by atoms with Crippen molar-refractivity contribution < 1.29 is 28.5 Å². The molecule has 6 heteroatoms. The largest absolute Gasteiger partial charge is 0.497 e. The predicted molar refractivity (Wildman–Crippen MR) is 142 cm³/mol. The van der Waals surface area contributed by atoms with Crippen LogP contribution in [0.1, 0.15) is 26.3 Å². The fraction of sp³-hybridized carbons (Fsp3) is 0.161. The fourth-order valence-corrected chi connectivity index (χ4v) is 3.67. The van der Waals surface area contributed by atoms with E-state index in [9.17, 15) is 9.59 Å². The number of Topliss-reactive ketones (excluding diaryl/α,β-unsaturated/α-hetero) is 2. The molecule has 4 aromatic rings. The highest BCUT2D eigenvalue weighted by molar-refractivity contribution is 5.97. The number of rotatable bonds is 12. The van der Waals surface area contributed by atoms with Gasteiger partial charge in [0.15, 0.2) is 18.2 Å². The highest BCUT2D eigenvalue weighted by Gasteiger charge is 2.09. The summed E-state index contributed by atoms with van der Waals surface area (Å²) in [5.74, 6) is 1.89. The maximum atomic E-state index is 12.6. The van der Waals surface area contributed by atoms with Crippen LogP contribution in [0.2, 0.25) is 0 Å². The molecule has 0 aliphatic carbocycles. The van der Waals surface area contributed by atoms with Crippen molar-refractivity contribution in [3.8, 4) is 28.4 Å². The first-order chi connectivity index (χ1) is 18.1. The number of hydrogen-bond donors (Lipinski definition) is 0. The molecule has 4 rings (SSSR count). The van der Waals surface area contributed by atoms with Gasteiger partial charge in [0, 0.05) is 11.1 Å². The average Bonchev–Trinajstić information content (AvgIpc) is 2.96. The van der Waals surface area contributed by atoms with Crippen LogP contribution in [0.25, 0.3) is 11.1 Å². The summed E-state index contributed by atoms with van der Waals surface area (Å²) >= 11 is 0. The third-order valence-electron chi connectivity index (χ3n) is 5.84. The van der Waals surface area contributed by atoms with Crippen molar-refractivity contribution in [3.63, 3.8) is 0 Å². The van der Waals surface area contributed by atoms with E-state index in [1.165, 1.54) is 0 Å². The van der Waals surface area contributed by atoms with Gasteiger partial charge in [-0.05, 0) is 65.2 Å². The van der Waals surface area contributed by atoms with E-state index in [4.69, 9.17) is 18.9 Å². The van der Waals surface area contributed by atoms with Crippen molar-refractivity contribution in [1.82, 2.24) is 0 Å². The van der Waals surface area contributed by atoms with Gasteiger partial charge in [0.2, 0.25) is 0 Å². The third kappa shape index (κ3) is 7.06. The molecule has 0 heterocycles. The second kappa shape index (κ2) is 12.5. The van der Waals surface area contributed by atoms with Gasteiger partial charge >= 0.3 is 0 Å². The zero-order chi connectivity index (χ0) is 26.0. The van der Waals surface area contributed by atoms with Gasteiger partial charge in [-0.3, -0.25) is 9.59 Å². The average molecular weight is 497 g/mol. The standard InChI is InChI=1S/C31H28O6/c1-34-27-13-7-23(8-14-27)24-9-17-29(18-10-24)37-21-31(33)25-5-3-22(4-6-25)19-36-20-30(32)26-11-15-28(35-2)16-12-26/h3-18H,19-21H2,1-2H3. The van der Waals surface area contributed by atoms with Gasteiger partial charge in [-0.1, -0.05) is 48.5 Å². The van der Waals surface area contributed by atoms with Gasteiger partial charge in [-0.15, -0.1) is 0 Å². The molecule has 4 aromatic carbocycles. The number of carbonyl (C=O) groups excluding carboxylic acids is 2. The van der Waals surface area contributed by atoms with Gasteiger partial charge in [0.1, 0.15) is 23.9 Å². The molecule has 0 radical (unpaired) electrons. The molecule has 0 aliphatic rings. The monoisotopic (exact) mass is 496 g/mol. The Bertz CT molecular complexity index is 1310. The lowest BCUT2D eigenvalue weighted by molar-refractivity contribution is 0.0726. The molecular formula is C31H28O6. The van der Waals surface area contributed by atoms with Crippen LogP contribution < -0.4 is 14.2 Å². The van der Waals surface area contributed by atoms with Gasteiger partial charge < -0.3 is 18.9 Å². The fourth-order valence-electron chi connectivity index (χ4n) is 3.67. The Kier molecular flexibility index (Phi) is 8.68. The minimum Gasteiger partial charge on any atom is -0.497 e. The quantitative estimate of drug-likeness (QED) is 0.223. The molecule has 0 spiro atoms. The number of ketones is 2. The maximum absolute atomic E-state index is 12.6. The number of methoxy groups -OCH3 is 2. The highest BCUT2D eigenvalue weighted by atomic mass is 16.5. The van der Waals surface area contributed by atoms with Crippen molar-refractivity contribution in [2.45, 2.75) is 6.61 Å². The van der Waals surface area contributed by atoms with E-state index >= 15 is 0 Å². The van der Waals surface area contributed by atoms with Crippen molar-refractivity contribution in [1.29, 1.82) is 0 Å². The molecule has 0 aromatic heterocycles. The topological polar surface area (TPSA) is 71.1 Å². The lowest BCUT2D eigenvalue weighted by Gasteiger charge is -2.08. The normalized spacial score (nSPS) is 10.5. The summed E-state index contributed by atoms with van der Waals surface area (Å²) in [5, 5.41) is 0.